The van der Waals surface area contributed by atoms with E-state index in [1.807, 2.05) is 42.5 Å². The third kappa shape index (κ3) is 6.14. The van der Waals surface area contributed by atoms with Crippen LogP contribution in [-0.2, 0) is 22.4 Å². The standard InChI is InChI=1S/C25H28N2O3S2/c1-3-5-9-18-12-14-20(15-13-18)26-17-22-23(28)27(25(31)32-22)21(24(29)30-4-2)16-19-10-7-6-8-11-19/h6-8,10-15,17,21,28H,3-5,9,16H2,1-2H3/t21-/m0/s1. The van der Waals surface area contributed by atoms with Crippen molar-refractivity contribution in [2.75, 3.05) is 6.61 Å². The zero-order valence-electron chi connectivity index (χ0n) is 18.4. The van der Waals surface area contributed by atoms with Gasteiger partial charge in [-0.1, -0.05) is 67.1 Å². The second-order valence-corrected chi connectivity index (χ2v) is 9.09. The van der Waals surface area contributed by atoms with E-state index in [1.165, 1.54) is 21.5 Å². The van der Waals surface area contributed by atoms with E-state index in [2.05, 4.69) is 24.0 Å². The Hall–Kier alpha value is -2.77. The molecule has 3 aromatic rings. The van der Waals surface area contributed by atoms with Crippen molar-refractivity contribution in [1.82, 2.24) is 4.57 Å². The molecule has 0 unspecified atom stereocenters. The van der Waals surface area contributed by atoms with E-state index in [0.29, 0.717) is 15.3 Å². The van der Waals surface area contributed by atoms with Crippen LogP contribution in [0.25, 0.3) is 0 Å². The summed E-state index contributed by atoms with van der Waals surface area (Å²) in [4.78, 5) is 17.7. The van der Waals surface area contributed by atoms with Crippen molar-refractivity contribution < 1.29 is 14.6 Å². The molecule has 1 N–H and O–H groups in total. The number of nitrogens with zero attached hydrogens (tertiary/aromatic N) is 2. The minimum Gasteiger partial charge on any atom is -0.493 e. The summed E-state index contributed by atoms with van der Waals surface area (Å²) < 4.78 is 7.14. The van der Waals surface area contributed by atoms with Crippen LogP contribution in [0.3, 0.4) is 0 Å². The molecule has 7 heteroatoms. The molecule has 0 aliphatic rings. The lowest BCUT2D eigenvalue weighted by Gasteiger charge is -2.18. The second-order valence-electron chi connectivity index (χ2n) is 7.41. The summed E-state index contributed by atoms with van der Waals surface area (Å²) in [5.41, 5.74) is 3.03. The van der Waals surface area contributed by atoms with Gasteiger partial charge in [0.2, 0.25) is 5.88 Å². The number of benzene rings is 2. The van der Waals surface area contributed by atoms with Gasteiger partial charge in [-0.15, -0.1) is 0 Å². The van der Waals surface area contributed by atoms with Gasteiger partial charge in [-0.25, -0.2) is 4.79 Å². The van der Waals surface area contributed by atoms with E-state index < -0.39 is 12.0 Å². The SMILES string of the molecule is CCCCc1ccc(N=Cc2sc(=S)n([C@@H](Cc3ccccc3)C(=O)OCC)c2O)cc1. The zero-order valence-corrected chi connectivity index (χ0v) is 20.0. The lowest BCUT2D eigenvalue weighted by atomic mass is 10.1. The molecule has 0 saturated heterocycles. The molecule has 1 aromatic heterocycles. The quantitative estimate of drug-likeness (QED) is 0.212. The normalized spacial score (nSPS) is 12.2. The smallest absolute Gasteiger partial charge is 0.329 e. The number of esters is 1. The number of ether oxygens (including phenoxy) is 1. The van der Waals surface area contributed by atoms with Crippen molar-refractivity contribution in [2.45, 2.75) is 45.6 Å². The minimum atomic E-state index is -0.749. The molecule has 0 spiro atoms. The molecule has 0 aliphatic carbocycles. The van der Waals surface area contributed by atoms with E-state index in [-0.39, 0.29) is 12.5 Å². The van der Waals surface area contributed by atoms with Gasteiger partial charge in [0.05, 0.1) is 18.5 Å². The molecule has 3 rings (SSSR count). The third-order valence-electron chi connectivity index (χ3n) is 5.07. The van der Waals surface area contributed by atoms with Crippen molar-refractivity contribution in [3.8, 4) is 5.88 Å². The highest BCUT2D eigenvalue weighted by Crippen LogP contribution is 2.31. The predicted molar refractivity (Wildman–Crippen MR) is 133 cm³/mol. The summed E-state index contributed by atoms with van der Waals surface area (Å²) in [7, 11) is 0. The van der Waals surface area contributed by atoms with E-state index in [0.717, 1.165) is 30.5 Å². The number of thiazole rings is 1. The number of aromatic hydroxyl groups is 1. The van der Waals surface area contributed by atoms with Gasteiger partial charge >= 0.3 is 5.97 Å². The van der Waals surface area contributed by atoms with Gasteiger partial charge in [0.25, 0.3) is 0 Å². The van der Waals surface area contributed by atoms with Crippen LogP contribution in [-0.4, -0.2) is 28.5 Å². The lowest BCUT2D eigenvalue weighted by molar-refractivity contribution is -0.147. The molecule has 0 bridgehead atoms. The van der Waals surface area contributed by atoms with Crippen LogP contribution in [0.4, 0.5) is 5.69 Å². The van der Waals surface area contributed by atoms with E-state index >= 15 is 0 Å². The Morgan fingerprint density at radius 1 is 1.16 bits per heavy atom. The summed E-state index contributed by atoms with van der Waals surface area (Å²) in [6.07, 6.45) is 5.35. The third-order valence-corrected chi connectivity index (χ3v) is 6.40. The molecule has 5 nitrogen and oxygen atoms in total. The van der Waals surface area contributed by atoms with Gasteiger partial charge in [0.1, 0.15) is 10.9 Å². The number of carbonyl (C=O) groups excluding carboxylic acids is 1. The van der Waals surface area contributed by atoms with Crippen LogP contribution < -0.4 is 0 Å². The monoisotopic (exact) mass is 468 g/mol. The van der Waals surface area contributed by atoms with Crippen molar-refractivity contribution in [1.29, 1.82) is 0 Å². The molecule has 0 amide bonds. The molecular weight excluding hydrogens is 440 g/mol. The topological polar surface area (TPSA) is 63.8 Å². The Morgan fingerprint density at radius 2 is 1.88 bits per heavy atom. The Kier molecular flexibility index (Phi) is 8.76. The molecule has 0 fully saturated rings. The average Bonchev–Trinajstić information content (AvgIpc) is 3.09. The number of aromatic nitrogens is 1. The highest BCUT2D eigenvalue weighted by molar-refractivity contribution is 7.73. The van der Waals surface area contributed by atoms with E-state index in [9.17, 15) is 9.90 Å². The van der Waals surface area contributed by atoms with E-state index in [1.54, 1.807) is 13.1 Å². The molecule has 1 atom stereocenters. The number of hydrogen-bond donors (Lipinski definition) is 1. The Balaban J connectivity index is 1.86. The maximum atomic E-state index is 12.7. The summed E-state index contributed by atoms with van der Waals surface area (Å²) in [6.45, 7) is 4.19. The van der Waals surface area contributed by atoms with Crippen LogP contribution >= 0.6 is 23.6 Å². The Bertz CT molecular complexity index is 1100. The number of aryl methyl sites for hydroxylation is 1. The zero-order chi connectivity index (χ0) is 22.9. The molecule has 2 aromatic carbocycles. The number of rotatable bonds is 10. The van der Waals surface area contributed by atoms with Gasteiger partial charge < -0.3 is 9.84 Å². The van der Waals surface area contributed by atoms with Crippen LogP contribution in [0.2, 0.25) is 0 Å². The lowest BCUT2D eigenvalue weighted by Crippen LogP contribution is -2.24. The molecule has 1 heterocycles. The van der Waals surface area contributed by atoms with Gasteiger partial charge in [0.15, 0.2) is 3.95 Å². The Morgan fingerprint density at radius 3 is 2.53 bits per heavy atom. The molecule has 168 valence electrons. The number of aliphatic imine (C=N–C) groups is 1. The van der Waals surface area contributed by atoms with Gasteiger partial charge in [-0.05, 0) is 55.2 Å². The minimum absolute atomic E-state index is 0.0719. The summed E-state index contributed by atoms with van der Waals surface area (Å²) >= 11 is 6.72. The van der Waals surface area contributed by atoms with Gasteiger partial charge in [-0.2, -0.15) is 0 Å². The van der Waals surface area contributed by atoms with Crippen LogP contribution in [0.1, 0.15) is 48.7 Å². The first-order chi connectivity index (χ1) is 15.5. The molecular formula is C25H28N2O3S2. The van der Waals surface area contributed by atoms with Crippen molar-refractivity contribution >= 4 is 41.4 Å². The predicted octanol–water partition coefficient (Wildman–Crippen LogP) is 6.42. The average molecular weight is 469 g/mol. The van der Waals surface area contributed by atoms with E-state index in [4.69, 9.17) is 17.0 Å². The maximum absolute atomic E-state index is 12.7. The molecule has 0 aliphatic heterocycles. The Labute approximate surface area is 198 Å². The molecule has 0 saturated carbocycles. The highest BCUT2D eigenvalue weighted by Gasteiger charge is 2.27. The number of unbranched alkanes of at least 4 members (excludes halogenated alkanes) is 1. The molecule has 0 radical (unpaired) electrons. The second kappa shape index (κ2) is 11.7. The summed E-state index contributed by atoms with van der Waals surface area (Å²) in [6, 6.07) is 16.9. The first kappa shape index (κ1) is 23.9. The number of hydrogen-bond acceptors (Lipinski definition) is 6. The fraction of sp³-hybridized carbons (Fsp3) is 0.320. The maximum Gasteiger partial charge on any atom is 0.329 e. The fourth-order valence-electron chi connectivity index (χ4n) is 3.37. The van der Waals surface area contributed by atoms with Crippen molar-refractivity contribution in [3.63, 3.8) is 0 Å². The van der Waals surface area contributed by atoms with Crippen LogP contribution in [0.15, 0.2) is 59.6 Å². The highest BCUT2D eigenvalue weighted by atomic mass is 32.1. The first-order valence-electron chi connectivity index (χ1n) is 10.8. The largest absolute Gasteiger partial charge is 0.493 e. The van der Waals surface area contributed by atoms with Crippen LogP contribution in [0.5, 0.6) is 5.88 Å². The fourth-order valence-corrected chi connectivity index (χ4v) is 4.65. The van der Waals surface area contributed by atoms with Crippen molar-refractivity contribution in [2.24, 2.45) is 4.99 Å². The summed E-state index contributed by atoms with van der Waals surface area (Å²) in [5.74, 6) is -0.496. The van der Waals surface area contributed by atoms with Crippen molar-refractivity contribution in [3.05, 3.63) is 74.6 Å². The van der Waals surface area contributed by atoms with Crippen LogP contribution in [0, 0.1) is 3.95 Å². The molecule has 32 heavy (non-hydrogen) atoms. The number of carbonyl (C=O) groups is 1. The first-order valence-corrected chi connectivity index (χ1v) is 12.0. The van der Waals surface area contributed by atoms with Gasteiger partial charge in [-0.3, -0.25) is 9.56 Å². The summed E-state index contributed by atoms with van der Waals surface area (Å²) in [5, 5.41) is 10.9. The van der Waals surface area contributed by atoms with Gasteiger partial charge in [0, 0.05) is 6.42 Å².